The number of rotatable bonds is 5. The van der Waals surface area contributed by atoms with E-state index in [1.807, 2.05) is 0 Å². The van der Waals surface area contributed by atoms with Gasteiger partial charge < -0.3 is 15.7 Å². The van der Waals surface area contributed by atoms with Gasteiger partial charge in [0.25, 0.3) is 0 Å². The highest BCUT2D eigenvalue weighted by Crippen LogP contribution is 2.30. The summed E-state index contributed by atoms with van der Waals surface area (Å²) in [6, 6.07) is 2.47. The molecular formula is C12H14Br2N2O4S. The molecule has 0 bridgehead atoms. The first kappa shape index (κ1) is 18.1. The zero-order chi connectivity index (χ0) is 16.2. The number of carbonyl (C=O) groups excluding carboxylic acids is 1. The van der Waals surface area contributed by atoms with Crippen molar-refractivity contribution in [2.75, 3.05) is 18.1 Å². The molecule has 0 aliphatic heterocycles. The van der Waals surface area contributed by atoms with Crippen LogP contribution in [0.4, 0.5) is 10.5 Å². The number of carboxylic acids is 1. The predicted octanol–water partition coefficient (Wildman–Crippen LogP) is 2.80. The molecule has 21 heavy (non-hydrogen) atoms. The molecule has 0 fully saturated rings. The van der Waals surface area contributed by atoms with Gasteiger partial charge in [-0.05, 0) is 35.0 Å². The number of benzene rings is 1. The van der Waals surface area contributed by atoms with E-state index in [1.54, 1.807) is 19.2 Å². The van der Waals surface area contributed by atoms with Crippen molar-refractivity contribution in [1.29, 1.82) is 0 Å². The Balaban J connectivity index is 2.85. The van der Waals surface area contributed by atoms with E-state index in [-0.39, 0.29) is 23.0 Å². The van der Waals surface area contributed by atoms with Crippen molar-refractivity contribution in [3.63, 3.8) is 0 Å². The molecule has 0 aliphatic carbocycles. The second kappa shape index (κ2) is 7.90. The van der Waals surface area contributed by atoms with E-state index in [0.29, 0.717) is 8.95 Å². The maximum Gasteiger partial charge on any atom is 0.337 e. The van der Waals surface area contributed by atoms with E-state index < -0.39 is 22.8 Å². The Morgan fingerprint density at radius 3 is 2.52 bits per heavy atom. The minimum absolute atomic E-state index is 0.0430. The average molecular weight is 442 g/mol. The molecule has 0 radical (unpaired) electrons. The molecule has 2 atom stereocenters. The predicted molar refractivity (Wildman–Crippen MR) is 89.4 cm³/mol. The molecule has 3 N–H and O–H groups in total. The SMILES string of the molecule is CC(CNC(=O)Nc1c(Br)cc(Br)cc1C(=O)O)S(C)=O. The molecule has 6 nitrogen and oxygen atoms in total. The third kappa shape index (κ3) is 5.40. The van der Waals surface area contributed by atoms with Crippen LogP contribution < -0.4 is 10.6 Å². The van der Waals surface area contributed by atoms with Crippen LogP contribution in [0.15, 0.2) is 21.1 Å². The average Bonchev–Trinajstić information content (AvgIpc) is 2.38. The van der Waals surface area contributed by atoms with Crippen LogP contribution in [0.3, 0.4) is 0 Å². The lowest BCUT2D eigenvalue weighted by atomic mass is 10.2. The summed E-state index contributed by atoms with van der Waals surface area (Å²) < 4.78 is 12.2. The maximum atomic E-state index is 11.8. The molecule has 2 unspecified atom stereocenters. The third-order valence-corrected chi connectivity index (χ3v) is 5.02. The monoisotopic (exact) mass is 440 g/mol. The normalized spacial score (nSPS) is 13.3. The van der Waals surface area contributed by atoms with Gasteiger partial charge in [0.15, 0.2) is 0 Å². The van der Waals surface area contributed by atoms with Gasteiger partial charge in [-0.3, -0.25) is 4.21 Å². The first-order valence-corrected chi connectivity index (χ1v) is 9.02. The lowest BCUT2D eigenvalue weighted by Gasteiger charge is -2.14. The Morgan fingerprint density at radius 2 is 2.00 bits per heavy atom. The van der Waals surface area contributed by atoms with Crippen LogP contribution in [0.5, 0.6) is 0 Å². The van der Waals surface area contributed by atoms with Crippen molar-refractivity contribution >= 4 is 60.3 Å². The number of hydrogen-bond donors (Lipinski definition) is 3. The van der Waals surface area contributed by atoms with Gasteiger partial charge in [-0.2, -0.15) is 0 Å². The van der Waals surface area contributed by atoms with Gasteiger partial charge in [-0.25, -0.2) is 9.59 Å². The number of amides is 2. The van der Waals surface area contributed by atoms with E-state index in [2.05, 4.69) is 42.5 Å². The van der Waals surface area contributed by atoms with Gasteiger partial charge in [0.2, 0.25) is 0 Å². The molecule has 0 saturated heterocycles. The standard InChI is InChI=1S/C12H14Br2N2O4S/c1-6(21(2)20)5-15-12(19)16-10-8(11(17)18)3-7(13)4-9(10)14/h3-4,6H,5H2,1-2H3,(H,17,18)(H2,15,16,19). The molecular weight excluding hydrogens is 428 g/mol. The first-order valence-electron chi connectivity index (χ1n) is 5.81. The van der Waals surface area contributed by atoms with Gasteiger partial charge in [-0.1, -0.05) is 15.9 Å². The lowest BCUT2D eigenvalue weighted by Crippen LogP contribution is -2.36. The Hall–Kier alpha value is -0.930. The van der Waals surface area contributed by atoms with E-state index in [9.17, 15) is 13.8 Å². The van der Waals surface area contributed by atoms with Gasteiger partial charge in [0, 0.05) is 37.8 Å². The Morgan fingerprint density at radius 1 is 1.38 bits per heavy atom. The van der Waals surface area contributed by atoms with Crippen LogP contribution in [0.2, 0.25) is 0 Å². The molecule has 0 aromatic heterocycles. The highest BCUT2D eigenvalue weighted by Gasteiger charge is 2.17. The summed E-state index contributed by atoms with van der Waals surface area (Å²) in [5, 5.41) is 14.0. The van der Waals surface area contributed by atoms with E-state index in [4.69, 9.17) is 5.11 Å². The summed E-state index contributed by atoms with van der Waals surface area (Å²) in [6.07, 6.45) is 1.55. The van der Waals surface area contributed by atoms with E-state index in [1.165, 1.54) is 6.07 Å². The minimum atomic E-state index is -1.16. The van der Waals surface area contributed by atoms with Crippen LogP contribution in [0, 0.1) is 0 Å². The van der Waals surface area contributed by atoms with Gasteiger partial charge >= 0.3 is 12.0 Å². The fourth-order valence-electron chi connectivity index (χ4n) is 1.38. The maximum absolute atomic E-state index is 11.8. The van der Waals surface area contributed by atoms with Crippen molar-refractivity contribution in [2.45, 2.75) is 12.2 Å². The van der Waals surface area contributed by atoms with Gasteiger partial charge in [0.1, 0.15) is 0 Å². The summed E-state index contributed by atoms with van der Waals surface area (Å²) in [7, 11) is -1.04. The number of carboxylic acid groups (broad SMARTS) is 1. The molecule has 0 spiro atoms. The molecule has 0 heterocycles. The molecule has 9 heteroatoms. The highest BCUT2D eigenvalue weighted by atomic mass is 79.9. The van der Waals surface area contributed by atoms with Crippen molar-refractivity contribution in [3.05, 3.63) is 26.6 Å². The largest absolute Gasteiger partial charge is 0.478 e. The Labute approximate surface area is 141 Å². The zero-order valence-electron chi connectivity index (χ0n) is 11.3. The van der Waals surface area contributed by atoms with Crippen LogP contribution in [-0.2, 0) is 10.8 Å². The zero-order valence-corrected chi connectivity index (χ0v) is 15.3. The summed E-state index contributed by atoms with van der Waals surface area (Å²) >= 11 is 6.41. The first-order chi connectivity index (χ1) is 9.72. The minimum Gasteiger partial charge on any atom is -0.478 e. The fraction of sp³-hybridized carbons (Fsp3) is 0.333. The van der Waals surface area contributed by atoms with Crippen LogP contribution >= 0.6 is 31.9 Å². The molecule has 0 aliphatic rings. The summed E-state index contributed by atoms with van der Waals surface area (Å²) in [4.78, 5) is 23.0. The Kier molecular flexibility index (Phi) is 6.82. The number of nitrogens with one attached hydrogen (secondary N) is 2. The molecule has 1 rings (SSSR count). The van der Waals surface area contributed by atoms with Crippen LogP contribution in [0.1, 0.15) is 17.3 Å². The molecule has 0 saturated carbocycles. The van der Waals surface area contributed by atoms with Gasteiger partial charge in [-0.15, -0.1) is 0 Å². The number of aromatic carboxylic acids is 1. The second-order valence-electron chi connectivity index (χ2n) is 4.26. The summed E-state index contributed by atoms with van der Waals surface area (Å²) in [5.41, 5.74) is 0.118. The van der Waals surface area contributed by atoms with E-state index in [0.717, 1.165) is 0 Å². The van der Waals surface area contributed by atoms with Crippen molar-refractivity contribution < 1.29 is 18.9 Å². The molecule has 1 aromatic rings. The highest BCUT2D eigenvalue weighted by molar-refractivity contribution is 9.11. The smallest absolute Gasteiger partial charge is 0.337 e. The number of carbonyl (C=O) groups is 2. The number of halogens is 2. The van der Waals surface area contributed by atoms with Crippen molar-refractivity contribution in [3.8, 4) is 0 Å². The number of anilines is 1. The topological polar surface area (TPSA) is 95.5 Å². The van der Waals surface area contributed by atoms with E-state index >= 15 is 0 Å². The third-order valence-electron chi connectivity index (χ3n) is 2.64. The lowest BCUT2D eigenvalue weighted by molar-refractivity contribution is 0.0698. The quantitative estimate of drug-likeness (QED) is 0.654. The molecule has 116 valence electrons. The fourth-order valence-corrected chi connectivity index (χ4v) is 3.02. The van der Waals surface area contributed by atoms with Crippen LogP contribution in [0.25, 0.3) is 0 Å². The van der Waals surface area contributed by atoms with Crippen molar-refractivity contribution in [2.24, 2.45) is 0 Å². The van der Waals surface area contributed by atoms with Gasteiger partial charge in [0.05, 0.1) is 11.3 Å². The summed E-state index contributed by atoms with van der Waals surface area (Å²) in [5.74, 6) is -1.16. The molecule has 2 amide bonds. The second-order valence-corrected chi connectivity index (χ2v) is 7.83. The number of urea groups is 1. The van der Waals surface area contributed by atoms with Crippen LogP contribution in [-0.4, -0.2) is 39.4 Å². The van der Waals surface area contributed by atoms with Crippen molar-refractivity contribution in [1.82, 2.24) is 5.32 Å². The molecule has 1 aromatic carbocycles. The number of hydrogen-bond acceptors (Lipinski definition) is 3. The Bertz CT molecular complexity index is 595. The summed E-state index contributed by atoms with van der Waals surface area (Å²) in [6.45, 7) is 1.97.